The number of nitrogens with zero attached hydrogens (tertiary/aromatic N) is 3. The second kappa shape index (κ2) is 6.24. The summed E-state index contributed by atoms with van der Waals surface area (Å²) >= 11 is 1.76. The van der Waals surface area contributed by atoms with Crippen molar-refractivity contribution in [2.45, 2.75) is 45.6 Å². The second-order valence-electron chi connectivity index (χ2n) is 6.03. The zero-order valence-corrected chi connectivity index (χ0v) is 14.3. The molecule has 3 heterocycles. The van der Waals surface area contributed by atoms with Crippen LogP contribution in [-0.4, -0.2) is 27.1 Å². The van der Waals surface area contributed by atoms with E-state index in [0.29, 0.717) is 12.5 Å². The van der Waals surface area contributed by atoms with Gasteiger partial charge in [0.15, 0.2) is 0 Å². The summed E-state index contributed by atoms with van der Waals surface area (Å²) in [5.41, 5.74) is 3.44. The molecule has 5 heteroatoms. The van der Waals surface area contributed by atoms with Crippen LogP contribution in [0.5, 0.6) is 0 Å². The first-order valence-electron chi connectivity index (χ1n) is 7.90. The number of likely N-dealkylation sites (tertiary alicyclic amines) is 1. The Hall–Kier alpha value is -1.62. The average Bonchev–Trinajstić information content (AvgIpc) is 3.20. The molecule has 22 heavy (non-hydrogen) atoms. The SMILES string of the molecule is Cc1nn(C)c(C)c1CCC(=O)N1CCCC1c1cccs1. The van der Waals surface area contributed by atoms with Crippen molar-refractivity contribution in [3.63, 3.8) is 0 Å². The monoisotopic (exact) mass is 317 g/mol. The number of hydrogen-bond acceptors (Lipinski definition) is 3. The molecule has 1 aliphatic rings. The molecule has 0 radical (unpaired) electrons. The molecule has 1 amide bonds. The highest BCUT2D eigenvalue weighted by atomic mass is 32.1. The molecule has 0 aliphatic carbocycles. The maximum absolute atomic E-state index is 12.7. The molecule has 0 bridgehead atoms. The van der Waals surface area contributed by atoms with E-state index in [-0.39, 0.29) is 5.91 Å². The summed E-state index contributed by atoms with van der Waals surface area (Å²) in [7, 11) is 1.96. The van der Waals surface area contributed by atoms with Gasteiger partial charge in [0, 0.05) is 30.6 Å². The first kappa shape index (κ1) is 15.3. The number of rotatable bonds is 4. The molecule has 118 valence electrons. The number of thiophene rings is 1. The number of hydrogen-bond donors (Lipinski definition) is 0. The topological polar surface area (TPSA) is 38.1 Å². The van der Waals surface area contributed by atoms with Gasteiger partial charge in [-0.2, -0.15) is 5.10 Å². The molecule has 2 aromatic rings. The molecule has 1 unspecified atom stereocenters. The first-order valence-corrected chi connectivity index (χ1v) is 8.78. The summed E-state index contributed by atoms with van der Waals surface area (Å²) in [6.07, 6.45) is 3.57. The van der Waals surface area contributed by atoms with Gasteiger partial charge in [-0.3, -0.25) is 9.48 Å². The summed E-state index contributed by atoms with van der Waals surface area (Å²) in [5.74, 6) is 0.276. The Labute approximate surface area is 135 Å². The molecule has 0 N–H and O–H groups in total. The molecule has 1 atom stereocenters. The first-order chi connectivity index (χ1) is 10.6. The minimum Gasteiger partial charge on any atom is -0.335 e. The van der Waals surface area contributed by atoms with Crippen molar-refractivity contribution >= 4 is 17.2 Å². The number of aryl methyl sites for hydroxylation is 2. The minimum absolute atomic E-state index is 0.276. The maximum Gasteiger partial charge on any atom is 0.223 e. The molecule has 1 saturated heterocycles. The quantitative estimate of drug-likeness (QED) is 0.867. The molecule has 1 aliphatic heterocycles. The van der Waals surface area contributed by atoms with E-state index >= 15 is 0 Å². The molecule has 3 rings (SSSR count). The van der Waals surface area contributed by atoms with Gasteiger partial charge in [0.25, 0.3) is 0 Å². The summed E-state index contributed by atoms with van der Waals surface area (Å²) in [6, 6.07) is 4.52. The summed E-state index contributed by atoms with van der Waals surface area (Å²) in [6.45, 7) is 4.99. The van der Waals surface area contributed by atoms with Crippen molar-refractivity contribution in [3.8, 4) is 0 Å². The molecular weight excluding hydrogens is 294 g/mol. The standard InChI is InChI=1S/C17H23N3OS/c1-12-14(13(2)19(3)18-12)8-9-17(21)20-10-4-6-15(20)16-7-5-11-22-16/h5,7,11,15H,4,6,8-10H2,1-3H3. The van der Waals surface area contributed by atoms with E-state index in [9.17, 15) is 4.79 Å². The fraction of sp³-hybridized carbons (Fsp3) is 0.529. The van der Waals surface area contributed by atoms with Gasteiger partial charge in [0.05, 0.1) is 11.7 Å². The highest BCUT2D eigenvalue weighted by Gasteiger charge is 2.30. The third kappa shape index (κ3) is 2.82. The van der Waals surface area contributed by atoms with Crippen LogP contribution in [0.15, 0.2) is 17.5 Å². The predicted octanol–water partition coefficient (Wildman–Crippen LogP) is 3.39. The normalized spacial score (nSPS) is 18.1. The molecular formula is C17H23N3OS. The Morgan fingerprint density at radius 2 is 2.27 bits per heavy atom. The van der Waals surface area contributed by atoms with Gasteiger partial charge >= 0.3 is 0 Å². The Bertz CT molecular complexity index is 660. The zero-order valence-electron chi connectivity index (χ0n) is 13.5. The van der Waals surface area contributed by atoms with Gasteiger partial charge in [-0.15, -0.1) is 11.3 Å². The number of amides is 1. The predicted molar refractivity (Wildman–Crippen MR) is 89.0 cm³/mol. The van der Waals surface area contributed by atoms with Crippen molar-refractivity contribution in [1.82, 2.24) is 14.7 Å². The van der Waals surface area contributed by atoms with Crippen LogP contribution in [0.4, 0.5) is 0 Å². The van der Waals surface area contributed by atoms with Crippen molar-refractivity contribution < 1.29 is 4.79 Å². The van der Waals surface area contributed by atoms with E-state index in [1.54, 1.807) is 11.3 Å². The number of carbonyl (C=O) groups excluding carboxylic acids is 1. The van der Waals surface area contributed by atoms with Crippen molar-refractivity contribution in [3.05, 3.63) is 39.3 Å². The Morgan fingerprint density at radius 3 is 2.91 bits per heavy atom. The second-order valence-corrected chi connectivity index (χ2v) is 7.01. The third-order valence-electron chi connectivity index (χ3n) is 4.69. The van der Waals surface area contributed by atoms with Gasteiger partial charge in [-0.05, 0) is 50.1 Å². The Morgan fingerprint density at radius 1 is 1.45 bits per heavy atom. The fourth-order valence-electron chi connectivity index (χ4n) is 3.40. The molecule has 4 nitrogen and oxygen atoms in total. The maximum atomic E-state index is 12.7. The van der Waals surface area contributed by atoms with Crippen LogP contribution < -0.4 is 0 Å². The minimum atomic E-state index is 0.276. The van der Waals surface area contributed by atoms with Gasteiger partial charge in [0.1, 0.15) is 0 Å². The van der Waals surface area contributed by atoms with Crippen LogP contribution in [0, 0.1) is 13.8 Å². The summed E-state index contributed by atoms with van der Waals surface area (Å²) < 4.78 is 1.90. The molecule has 0 aromatic carbocycles. The van der Waals surface area contributed by atoms with E-state index in [4.69, 9.17) is 0 Å². The van der Waals surface area contributed by atoms with Gasteiger partial charge < -0.3 is 4.90 Å². The van der Waals surface area contributed by atoms with E-state index in [0.717, 1.165) is 31.5 Å². The average molecular weight is 317 g/mol. The smallest absolute Gasteiger partial charge is 0.223 e. The summed E-state index contributed by atoms with van der Waals surface area (Å²) in [4.78, 5) is 16.1. The number of aromatic nitrogens is 2. The van der Waals surface area contributed by atoms with Crippen molar-refractivity contribution in [2.75, 3.05) is 6.54 Å². The van der Waals surface area contributed by atoms with Crippen LogP contribution >= 0.6 is 11.3 Å². The molecule has 2 aromatic heterocycles. The zero-order chi connectivity index (χ0) is 15.7. The largest absolute Gasteiger partial charge is 0.335 e. The van der Waals surface area contributed by atoms with E-state index in [1.165, 1.54) is 16.1 Å². The third-order valence-corrected chi connectivity index (χ3v) is 5.67. The summed E-state index contributed by atoms with van der Waals surface area (Å²) in [5, 5.41) is 6.53. The Kier molecular flexibility index (Phi) is 4.34. The van der Waals surface area contributed by atoms with Gasteiger partial charge in [0.2, 0.25) is 5.91 Å². The van der Waals surface area contributed by atoms with Gasteiger partial charge in [-0.25, -0.2) is 0 Å². The highest BCUT2D eigenvalue weighted by molar-refractivity contribution is 7.10. The lowest BCUT2D eigenvalue weighted by Crippen LogP contribution is -2.30. The molecule has 0 saturated carbocycles. The van der Waals surface area contributed by atoms with Crippen LogP contribution in [0.2, 0.25) is 0 Å². The lowest BCUT2D eigenvalue weighted by atomic mass is 10.1. The van der Waals surface area contributed by atoms with Crippen LogP contribution in [0.25, 0.3) is 0 Å². The van der Waals surface area contributed by atoms with Crippen molar-refractivity contribution in [1.29, 1.82) is 0 Å². The van der Waals surface area contributed by atoms with Gasteiger partial charge in [-0.1, -0.05) is 6.07 Å². The van der Waals surface area contributed by atoms with E-state index < -0.39 is 0 Å². The lowest BCUT2D eigenvalue weighted by molar-refractivity contribution is -0.132. The van der Waals surface area contributed by atoms with Crippen LogP contribution in [0.3, 0.4) is 0 Å². The van der Waals surface area contributed by atoms with Crippen molar-refractivity contribution in [2.24, 2.45) is 7.05 Å². The Balaban J connectivity index is 1.67. The number of carbonyl (C=O) groups is 1. The van der Waals surface area contributed by atoms with Crippen LogP contribution in [-0.2, 0) is 18.3 Å². The molecule has 0 spiro atoms. The highest BCUT2D eigenvalue weighted by Crippen LogP contribution is 2.35. The lowest BCUT2D eigenvalue weighted by Gasteiger charge is -2.24. The fourth-order valence-corrected chi connectivity index (χ4v) is 4.27. The molecule has 1 fully saturated rings. The van der Waals surface area contributed by atoms with E-state index in [1.807, 2.05) is 18.7 Å². The van der Waals surface area contributed by atoms with E-state index in [2.05, 4.69) is 34.4 Å². The van der Waals surface area contributed by atoms with Crippen LogP contribution in [0.1, 0.15) is 47.1 Å².